The molecule has 1 aliphatic heterocycles. The van der Waals surface area contributed by atoms with E-state index < -0.39 is 10.0 Å². The monoisotopic (exact) mass is 390 g/mol. The maximum Gasteiger partial charge on any atom is 0.251 e. The van der Waals surface area contributed by atoms with E-state index in [4.69, 9.17) is 0 Å². The van der Waals surface area contributed by atoms with Gasteiger partial charge < -0.3 is 9.88 Å². The summed E-state index contributed by atoms with van der Waals surface area (Å²) in [5, 5.41) is 2.86. The number of amides is 1. The number of piperidine rings is 1. The molecular weight excluding hydrogens is 364 g/mol. The van der Waals surface area contributed by atoms with E-state index in [9.17, 15) is 13.2 Å². The highest BCUT2D eigenvalue weighted by molar-refractivity contribution is 7.89. The second-order valence-electron chi connectivity index (χ2n) is 6.85. The fourth-order valence-corrected chi connectivity index (χ4v) is 5.02. The third-order valence-electron chi connectivity index (χ3n) is 4.82. The van der Waals surface area contributed by atoms with Gasteiger partial charge >= 0.3 is 0 Å². The highest BCUT2D eigenvalue weighted by atomic mass is 32.2. The molecule has 1 fully saturated rings. The molecule has 0 atom stereocenters. The van der Waals surface area contributed by atoms with Gasteiger partial charge in [-0.05, 0) is 43.9 Å². The van der Waals surface area contributed by atoms with E-state index in [0.29, 0.717) is 30.8 Å². The van der Waals surface area contributed by atoms with Crippen LogP contribution in [0.1, 0.15) is 41.6 Å². The quantitative estimate of drug-likeness (QED) is 0.735. The molecular formula is C19H26N4O3S. The molecule has 0 radical (unpaired) electrons. The van der Waals surface area contributed by atoms with E-state index in [1.165, 1.54) is 10.4 Å². The summed E-state index contributed by atoms with van der Waals surface area (Å²) in [6, 6.07) is 4.89. The Bertz CT molecular complexity index is 872. The van der Waals surface area contributed by atoms with Crippen LogP contribution >= 0.6 is 0 Å². The predicted molar refractivity (Wildman–Crippen MR) is 103 cm³/mol. The number of nitrogens with zero attached hydrogens (tertiary/aromatic N) is 3. The van der Waals surface area contributed by atoms with Gasteiger partial charge in [0.25, 0.3) is 5.91 Å². The van der Waals surface area contributed by atoms with Gasteiger partial charge in [-0.3, -0.25) is 4.79 Å². The SMILES string of the molecule is Cc1ccc(C(=O)NCCCn2ccnc2)cc1S(=O)(=O)N1CCCCC1. The third-order valence-corrected chi connectivity index (χ3v) is 6.86. The van der Waals surface area contributed by atoms with Gasteiger partial charge in [0, 0.05) is 44.1 Å². The summed E-state index contributed by atoms with van der Waals surface area (Å²) < 4.78 is 29.4. The van der Waals surface area contributed by atoms with Crippen molar-refractivity contribution in [3.8, 4) is 0 Å². The number of aromatic nitrogens is 2. The summed E-state index contributed by atoms with van der Waals surface area (Å²) in [4.78, 5) is 16.6. The highest BCUT2D eigenvalue weighted by Gasteiger charge is 2.28. The van der Waals surface area contributed by atoms with Crippen LogP contribution in [0.25, 0.3) is 0 Å². The number of hydrogen-bond donors (Lipinski definition) is 1. The number of nitrogens with one attached hydrogen (secondary N) is 1. The van der Waals surface area contributed by atoms with Crippen LogP contribution in [0, 0.1) is 6.92 Å². The minimum absolute atomic E-state index is 0.232. The van der Waals surface area contributed by atoms with E-state index in [2.05, 4.69) is 10.3 Å². The lowest BCUT2D eigenvalue weighted by atomic mass is 10.1. The Morgan fingerprint density at radius 1 is 1.22 bits per heavy atom. The Morgan fingerprint density at radius 2 is 2.00 bits per heavy atom. The maximum absolute atomic E-state index is 13.0. The molecule has 1 aromatic heterocycles. The number of aryl methyl sites for hydroxylation is 2. The first-order chi connectivity index (χ1) is 13.0. The van der Waals surface area contributed by atoms with Crippen LogP contribution in [-0.4, -0.2) is 47.8 Å². The fourth-order valence-electron chi connectivity index (χ4n) is 3.25. The van der Waals surface area contributed by atoms with Crippen molar-refractivity contribution in [2.45, 2.75) is 44.0 Å². The second kappa shape index (κ2) is 8.67. The Labute approximate surface area is 160 Å². The molecule has 0 aliphatic carbocycles. The zero-order chi connectivity index (χ0) is 19.3. The summed E-state index contributed by atoms with van der Waals surface area (Å²) in [7, 11) is -3.56. The zero-order valence-corrected chi connectivity index (χ0v) is 16.4. The first-order valence-electron chi connectivity index (χ1n) is 9.33. The number of carbonyl (C=O) groups excluding carboxylic acids is 1. The lowest BCUT2D eigenvalue weighted by Gasteiger charge is -2.26. The summed E-state index contributed by atoms with van der Waals surface area (Å²) in [6.45, 7) is 4.14. The Morgan fingerprint density at radius 3 is 2.70 bits per heavy atom. The second-order valence-corrected chi connectivity index (χ2v) is 8.76. The average molecular weight is 391 g/mol. The Hall–Kier alpha value is -2.19. The van der Waals surface area contributed by atoms with Gasteiger partial charge in [-0.1, -0.05) is 12.5 Å². The third kappa shape index (κ3) is 4.75. The summed E-state index contributed by atoms with van der Waals surface area (Å²) in [6.07, 6.45) is 8.93. The molecule has 8 heteroatoms. The standard InChI is InChI=1S/C19H26N4O3S/c1-16-6-7-17(19(24)21-8-5-10-22-13-9-20-15-22)14-18(16)27(25,26)23-11-3-2-4-12-23/h6-7,9,13-15H,2-5,8,10-12H2,1H3,(H,21,24). The first kappa shape index (κ1) is 19.6. The van der Waals surface area contributed by atoms with Crippen LogP contribution in [0.5, 0.6) is 0 Å². The fraction of sp³-hybridized carbons (Fsp3) is 0.474. The summed E-state index contributed by atoms with van der Waals surface area (Å²) in [5.41, 5.74) is 1.04. The molecule has 27 heavy (non-hydrogen) atoms. The van der Waals surface area contributed by atoms with Crippen molar-refractivity contribution < 1.29 is 13.2 Å². The number of imidazole rings is 1. The number of carbonyl (C=O) groups is 1. The predicted octanol–water partition coefficient (Wildman–Crippen LogP) is 2.19. The van der Waals surface area contributed by atoms with Crippen molar-refractivity contribution in [2.24, 2.45) is 0 Å². The normalized spacial score (nSPS) is 15.6. The Balaban J connectivity index is 1.65. The molecule has 0 unspecified atom stereocenters. The molecule has 1 N–H and O–H groups in total. The molecule has 0 saturated carbocycles. The van der Waals surface area contributed by atoms with Gasteiger partial charge in [0.1, 0.15) is 0 Å². The van der Waals surface area contributed by atoms with Gasteiger partial charge in [-0.2, -0.15) is 4.31 Å². The largest absolute Gasteiger partial charge is 0.352 e. The molecule has 7 nitrogen and oxygen atoms in total. The molecule has 3 rings (SSSR count). The van der Waals surface area contributed by atoms with Crippen LogP contribution in [0.3, 0.4) is 0 Å². The topological polar surface area (TPSA) is 84.3 Å². The lowest BCUT2D eigenvalue weighted by molar-refractivity contribution is 0.0952. The van der Waals surface area contributed by atoms with Gasteiger partial charge in [0.2, 0.25) is 10.0 Å². The van der Waals surface area contributed by atoms with Crippen LogP contribution in [-0.2, 0) is 16.6 Å². The first-order valence-corrected chi connectivity index (χ1v) is 10.8. The number of sulfonamides is 1. The maximum atomic E-state index is 13.0. The van der Waals surface area contributed by atoms with Gasteiger partial charge in [-0.15, -0.1) is 0 Å². The molecule has 1 amide bonds. The van der Waals surface area contributed by atoms with E-state index in [-0.39, 0.29) is 10.8 Å². The van der Waals surface area contributed by atoms with E-state index in [1.807, 2.05) is 10.8 Å². The van der Waals surface area contributed by atoms with Gasteiger partial charge in [-0.25, -0.2) is 13.4 Å². The van der Waals surface area contributed by atoms with Crippen LogP contribution in [0.2, 0.25) is 0 Å². The molecule has 0 spiro atoms. The van der Waals surface area contributed by atoms with Crippen molar-refractivity contribution in [1.29, 1.82) is 0 Å². The molecule has 1 aliphatic rings. The Kier molecular flexibility index (Phi) is 6.28. The van der Waals surface area contributed by atoms with Crippen molar-refractivity contribution in [3.05, 3.63) is 48.0 Å². The van der Waals surface area contributed by atoms with E-state index in [1.54, 1.807) is 31.6 Å². The summed E-state index contributed by atoms with van der Waals surface area (Å²) >= 11 is 0. The number of benzene rings is 1. The smallest absolute Gasteiger partial charge is 0.251 e. The van der Waals surface area contributed by atoms with Crippen LogP contribution in [0.4, 0.5) is 0 Å². The minimum Gasteiger partial charge on any atom is -0.352 e. The molecule has 146 valence electrons. The average Bonchev–Trinajstić information content (AvgIpc) is 3.19. The van der Waals surface area contributed by atoms with Gasteiger partial charge in [0.05, 0.1) is 11.2 Å². The zero-order valence-electron chi connectivity index (χ0n) is 15.6. The van der Waals surface area contributed by atoms with E-state index >= 15 is 0 Å². The van der Waals surface area contributed by atoms with Gasteiger partial charge in [0.15, 0.2) is 0 Å². The lowest BCUT2D eigenvalue weighted by Crippen LogP contribution is -2.36. The van der Waals surface area contributed by atoms with Crippen LogP contribution < -0.4 is 5.32 Å². The van der Waals surface area contributed by atoms with Crippen LogP contribution in [0.15, 0.2) is 41.8 Å². The molecule has 2 heterocycles. The van der Waals surface area contributed by atoms with Crippen molar-refractivity contribution >= 4 is 15.9 Å². The highest BCUT2D eigenvalue weighted by Crippen LogP contribution is 2.24. The molecule has 2 aromatic rings. The molecule has 0 bridgehead atoms. The van der Waals surface area contributed by atoms with Crippen molar-refractivity contribution in [3.63, 3.8) is 0 Å². The summed E-state index contributed by atoms with van der Waals surface area (Å²) in [5.74, 6) is -0.254. The molecule has 1 saturated heterocycles. The van der Waals surface area contributed by atoms with Crippen molar-refractivity contribution in [2.75, 3.05) is 19.6 Å². The molecule has 1 aromatic carbocycles. The number of rotatable bonds is 7. The number of hydrogen-bond acceptors (Lipinski definition) is 4. The van der Waals surface area contributed by atoms with E-state index in [0.717, 1.165) is 32.2 Å². The minimum atomic E-state index is -3.56. The van der Waals surface area contributed by atoms with Crippen molar-refractivity contribution in [1.82, 2.24) is 19.2 Å².